The fourth-order valence-corrected chi connectivity index (χ4v) is 7.03. The van der Waals surface area contributed by atoms with E-state index in [9.17, 15) is 19.2 Å². The summed E-state index contributed by atoms with van der Waals surface area (Å²) in [7, 11) is 0. The molecule has 2 aromatic heterocycles. The van der Waals surface area contributed by atoms with Crippen LogP contribution in [0.3, 0.4) is 0 Å². The van der Waals surface area contributed by atoms with E-state index in [1.165, 1.54) is 29.4 Å². The molecular weight excluding hydrogens is 743 g/mol. The van der Waals surface area contributed by atoms with Gasteiger partial charge in [-0.3, -0.25) is 20.4 Å². The summed E-state index contributed by atoms with van der Waals surface area (Å²) in [6.07, 6.45) is 0.211. The summed E-state index contributed by atoms with van der Waals surface area (Å²) in [5.41, 5.74) is -1.43. The van der Waals surface area contributed by atoms with Gasteiger partial charge in [0.15, 0.2) is 5.82 Å². The number of rotatable bonds is 4. The van der Waals surface area contributed by atoms with Gasteiger partial charge in [0, 0.05) is 41.7 Å². The summed E-state index contributed by atoms with van der Waals surface area (Å²) in [5, 5.41) is 5.81. The lowest BCUT2D eigenvalue weighted by atomic mass is 9.92. The zero-order valence-electron chi connectivity index (χ0n) is 34.0. The molecule has 5 heterocycles. The van der Waals surface area contributed by atoms with Gasteiger partial charge < -0.3 is 28.4 Å². The number of nitrogens with one attached hydrogen (secondary N) is 2. The van der Waals surface area contributed by atoms with Crippen molar-refractivity contribution in [1.29, 1.82) is 0 Å². The minimum Gasteiger partial charge on any atom is -0.474 e. The highest BCUT2D eigenvalue weighted by Gasteiger charge is 2.44. The van der Waals surface area contributed by atoms with E-state index in [2.05, 4.69) is 20.6 Å². The van der Waals surface area contributed by atoms with Crippen molar-refractivity contribution >= 4 is 52.3 Å². The zero-order chi connectivity index (χ0) is 41.6. The fourth-order valence-electron chi connectivity index (χ4n) is 7.03. The first-order chi connectivity index (χ1) is 26.6. The van der Waals surface area contributed by atoms with Gasteiger partial charge in [-0.25, -0.2) is 33.5 Å². The van der Waals surface area contributed by atoms with Crippen molar-refractivity contribution in [2.24, 2.45) is 0 Å². The predicted molar refractivity (Wildman–Crippen MR) is 208 cm³/mol. The largest absolute Gasteiger partial charge is 0.474 e. The van der Waals surface area contributed by atoms with Crippen LogP contribution in [0.15, 0.2) is 24.5 Å². The highest BCUT2D eigenvalue weighted by atomic mass is 19.1. The normalized spacial score (nSPS) is 19.5. The van der Waals surface area contributed by atoms with E-state index in [0.29, 0.717) is 35.0 Å². The van der Waals surface area contributed by atoms with Gasteiger partial charge in [0.25, 0.3) is 0 Å². The van der Waals surface area contributed by atoms with E-state index in [-0.39, 0.29) is 66.8 Å². The molecule has 17 heteroatoms. The molecule has 2 atom stereocenters. The van der Waals surface area contributed by atoms with Gasteiger partial charge >= 0.3 is 24.4 Å². The maximum atomic E-state index is 16.8. The highest BCUT2D eigenvalue weighted by molar-refractivity contribution is 6.05. The van der Waals surface area contributed by atoms with E-state index in [1.54, 1.807) is 74.1 Å². The maximum Gasteiger partial charge on any atom is 0.415 e. The molecule has 0 radical (unpaired) electrons. The molecule has 3 aromatic rings. The van der Waals surface area contributed by atoms with Gasteiger partial charge in [-0.05, 0) is 92.3 Å². The molecule has 0 spiro atoms. The van der Waals surface area contributed by atoms with Crippen molar-refractivity contribution in [1.82, 2.24) is 14.9 Å². The molecular formula is C40H51FN6O10. The van der Waals surface area contributed by atoms with Crippen LogP contribution in [0.25, 0.3) is 21.9 Å². The number of carbonyl (C=O) groups excluding carboxylic acids is 4. The van der Waals surface area contributed by atoms with E-state index in [0.717, 1.165) is 0 Å². The molecule has 1 aromatic carbocycles. The van der Waals surface area contributed by atoms with Crippen LogP contribution in [0.1, 0.15) is 80.7 Å². The molecule has 2 fully saturated rings. The molecule has 4 amide bonds. The Morgan fingerprint density at radius 2 is 1.44 bits per heavy atom. The summed E-state index contributed by atoms with van der Waals surface area (Å²) in [5.74, 6) is -0.539. The van der Waals surface area contributed by atoms with E-state index < -0.39 is 53.1 Å². The number of pyridine rings is 2. The standard InChI is InChI=1S/C40H51FN6O10/c1-21-27(17-43-33-32(21)46(11-12-53-33)36(50)56-39(5,6)7)26-13-22-14-29(42-18-28(22)31(30(26)41)45-35(49)55-38(2,3)4)44-34(48)54-25-15-23-19-52-20-24(16-25)47(23)37(51)57-40(8,9)10/h13-14,17-18,23-25H,11-12,15-16,19-20H2,1-10H3,(H,45,49)(H,42,44,48). The fraction of sp³-hybridized carbons (Fsp3) is 0.550. The summed E-state index contributed by atoms with van der Waals surface area (Å²) in [6, 6.07) is 2.38. The highest BCUT2D eigenvalue weighted by Crippen LogP contribution is 2.43. The number of amides is 4. The Morgan fingerprint density at radius 1 is 0.807 bits per heavy atom. The third-order valence-electron chi connectivity index (χ3n) is 9.17. The molecule has 3 aliphatic heterocycles. The van der Waals surface area contributed by atoms with Gasteiger partial charge in [-0.15, -0.1) is 0 Å². The minimum absolute atomic E-state index is 0.0290. The molecule has 2 saturated heterocycles. The van der Waals surface area contributed by atoms with Crippen molar-refractivity contribution in [2.45, 2.75) is 117 Å². The third kappa shape index (κ3) is 9.58. The summed E-state index contributed by atoms with van der Waals surface area (Å²) < 4.78 is 50.8. The van der Waals surface area contributed by atoms with Crippen LogP contribution in [0.2, 0.25) is 0 Å². The van der Waals surface area contributed by atoms with Gasteiger partial charge in [0.1, 0.15) is 41.0 Å². The first-order valence-electron chi connectivity index (χ1n) is 18.9. The lowest BCUT2D eigenvalue weighted by Gasteiger charge is -2.47. The van der Waals surface area contributed by atoms with Crippen molar-refractivity contribution in [3.63, 3.8) is 0 Å². The zero-order valence-corrected chi connectivity index (χ0v) is 34.0. The van der Waals surface area contributed by atoms with Crippen LogP contribution >= 0.6 is 0 Å². The number of aromatic nitrogens is 2. The molecule has 3 aliphatic rings. The summed E-state index contributed by atoms with van der Waals surface area (Å²) >= 11 is 0. The Morgan fingerprint density at radius 3 is 2.07 bits per heavy atom. The SMILES string of the molecule is Cc1c(-c2cc3cc(NC(=O)OC4CC5COCC(C4)N5C(=O)OC(C)(C)C)ncc3c(NC(=O)OC(C)(C)C)c2F)cnc2c1N(C(=O)OC(C)(C)C)CCO2. The molecule has 2 bridgehead atoms. The van der Waals surface area contributed by atoms with Crippen molar-refractivity contribution in [3.05, 3.63) is 35.9 Å². The van der Waals surface area contributed by atoms with Crippen LogP contribution in [-0.2, 0) is 23.7 Å². The van der Waals surface area contributed by atoms with Crippen LogP contribution in [-0.4, -0.2) is 101 Å². The van der Waals surface area contributed by atoms with Gasteiger partial charge in [0.2, 0.25) is 5.88 Å². The molecule has 57 heavy (non-hydrogen) atoms. The Hall–Kier alpha value is -5.45. The van der Waals surface area contributed by atoms with Crippen molar-refractivity contribution in [2.75, 3.05) is 41.9 Å². The van der Waals surface area contributed by atoms with Gasteiger partial charge in [-0.2, -0.15) is 0 Å². The number of piperidine rings is 1. The van der Waals surface area contributed by atoms with Crippen LogP contribution < -0.4 is 20.3 Å². The minimum atomic E-state index is -0.900. The van der Waals surface area contributed by atoms with Crippen LogP contribution in [0.5, 0.6) is 5.88 Å². The molecule has 0 saturated carbocycles. The van der Waals surface area contributed by atoms with Gasteiger partial charge in [-0.1, -0.05) is 0 Å². The van der Waals surface area contributed by atoms with Crippen LogP contribution in [0.4, 0.5) is 40.8 Å². The average molecular weight is 795 g/mol. The number of fused-ring (bicyclic) bond motifs is 4. The van der Waals surface area contributed by atoms with E-state index >= 15 is 4.39 Å². The Labute approximate surface area is 330 Å². The number of morpholine rings is 1. The molecule has 2 N–H and O–H groups in total. The molecule has 16 nitrogen and oxygen atoms in total. The molecule has 0 aliphatic carbocycles. The number of hydrogen-bond donors (Lipinski definition) is 2. The quantitative estimate of drug-likeness (QED) is 0.244. The second-order valence-electron chi connectivity index (χ2n) is 17.3. The average Bonchev–Trinajstić information content (AvgIpc) is 3.06. The summed E-state index contributed by atoms with van der Waals surface area (Å²) in [6.45, 7) is 18.4. The lowest BCUT2D eigenvalue weighted by molar-refractivity contribution is -0.104. The topological polar surface area (TPSA) is 180 Å². The van der Waals surface area contributed by atoms with E-state index in [1.807, 2.05) is 0 Å². The second-order valence-corrected chi connectivity index (χ2v) is 17.3. The monoisotopic (exact) mass is 794 g/mol. The Kier molecular flexibility index (Phi) is 11.2. The second kappa shape index (κ2) is 15.5. The number of benzene rings is 1. The number of anilines is 3. The number of nitrogens with zero attached hydrogens (tertiary/aromatic N) is 4. The Bertz CT molecular complexity index is 2060. The first kappa shape index (κ1) is 41.2. The van der Waals surface area contributed by atoms with Crippen molar-refractivity contribution in [3.8, 4) is 17.0 Å². The number of halogens is 1. The van der Waals surface area contributed by atoms with Gasteiger partial charge in [0.05, 0.1) is 37.5 Å². The lowest BCUT2D eigenvalue weighted by Crippen LogP contribution is -2.61. The number of ether oxygens (including phenoxy) is 6. The van der Waals surface area contributed by atoms with Crippen molar-refractivity contribution < 1.29 is 52.0 Å². The maximum absolute atomic E-state index is 16.8. The molecule has 2 unspecified atom stereocenters. The molecule has 6 rings (SSSR count). The predicted octanol–water partition coefficient (Wildman–Crippen LogP) is 7.94. The summed E-state index contributed by atoms with van der Waals surface area (Å²) in [4.78, 5) is 64.5. The first-order valence-corrected chi connectivity index (χ1v) is 18.9. The Balaban J connectivity index is 1.31. The third-order valence-corrected chi connectivity index (χ3v) is 9.17. The molecule has 308 valence electrons. The van der Waals surface area contributed by atoms with E-state index in [4.69, 9.17) is 28.4 Å². The van der Waals surface area contributed by atoms with Crippen LogP contribution in [0, 0.1) is 12.7 Å². The number of carbonyl (C=O) groups is 4. The smallest absolute Gasteiger partial charge is 0.415 e. The number of hydrogen-bond acceptors (Lipinski definition) is 12.